The number of halogens is 1. The Morgan fingerprint density at radius 1 is 1.00 bits per heavy atom. The summed E-state index contributed by atoms with van der Waals surface area (Å²) in [5, 5.41) is 8.06. The van der Waals surface area contributed by atoms with Crippen LogP contribution in [-0.4, -0.2) is 35.9 Å². The van der Waals surface area contributed by atoms with E-state index in [9.17, 15) is 4.39 Å². The number of aromatic nitrogens is 3. The number of anilines is 1. The fraction of sp³-hybridized carbons (Fsp3) is 0.190. The van der Waals surface area contributed by atoms with Crippen LogP contribution in [0.1, 0.15) is 5.56 Å². The predicted molar refractivity (Wildman–Crippen MR) is 107 cm³/mol. The highest BCUT2D eigenvalue weighted by atomic mass is 19.1. The highest BCUT2D eigenvalue weighted by molar-refractivity contribution is 5.97. The molecule has 0 atom stereocenters. The normalized spacial score (nSPS) is 10.9. The van der Waals surface area contributed by atoms with Crippen molar-refractivity contribution in [1.29, 1.82) is 0 Å². The molecular weight excluding hydrogens is 375 g/mol. The number of benzene rings is 2. The van der Waals surface area contributed by atoms with E-state index in [-0.39, 0.29) is 5.82 Å². The molecule has 0 saturated heterocycles. The van der Waals surface area contributed by atoms with Gasteiger partial charge in [-0.25, -0.2) is 9.37 Å². The summed E-state index contributed by atoms with van der Waals surface area (Å²) in [6.45, 7) is 0.621. The first-order chi connectivity index (χ1) is 14.2. The van der Waals surface area contributed by atoms with Gasteiger partial charge >= 0.3 is 0 Å². The summed E-state index contributed by atoms with van der Waals surface area (Å²) >= 11 is 0. The third-order valence-electron chi connectivity index (χ3n) is 4.54. The van der Waals surface area contributed by atoms with Gasteiger partial charge in [0.25, 0.3) is 5.71 Å². The van der Waals surface area contributed by atoms with E-state index >= 15 is 0 Å². The summed E-state index contributed by atoms with van der Waals surface area (Å²) in [5.74, 6) is 1.67. The molecule has 0 fully saturated rings. The van der Waals surface area contributed by atoms with Crippen molar-refractivity contribution in [3.05, 3.63) is 60.2 Å². The molecule has 2 aromatic heterocycles. The Balaban J connectivity index is 1.55. The second-order valence-corrected chi connectivity index (χ2v) is 6.31. The maximum Gasteiger partial charge on any atom is 0.263 e. The molecule has 0 unspecified atom stereocenters. The summed E-state index contributed by atoms with van der Waals surface area (Å²) in [4.78, 5) is 8.46. The van der Waals surface area contributed by atoms with E-state index in [1.165, 1.54) is 18.5 Å². The van der Waals surface area contributed by atoms with E-state index in [2.05, 4.69) is 20.4 Å². The Morgan fingerprint density at radius 2 is 1.79 bits per heavy atom. The first kappa shape index (κ1) is 18.7. The van der Waals surface area contributed by atoms with Crippen LogP contribution in [0.15, 0.2) is 53.3 Å². The van der Waals surface area contributed by atoms with Gasteiger partial charge in [-0.1, -0.05) is 11.2 Å². The van der Waals surface area contributed by atoms with E-state index in [1.54, 1.807) is 26.4 Å². The smallest absolute Gasteiger partial charge is 0.263 e. The Labute approximate surface area is 166 Å². The van der Waals surface area contributed by atoms with Crippen LogP contribution in [0.4, 0.5) is 10.2 Å². The topological polar surface area (TPSA) is 82.3 Å². The number of nitrogens with zero attached hydrogens (tertiary/aromatic N) is 3. The largest absolute Gasteiger partial charge is 0.493 e. The van der Waals surface area contributed by atoms with Gasteiger partial charge in [0, 0.05) is 12.1 Å². The first-order valence-electron chi connectivity index (χ1n) is 9.00. The summed E-state index contributed by atoms with van der Waals surface area (Å²) in [7, 11) is 3.22. The van der Waals surface area contributed by atoms with E-state index in [4.69, 9.17) is 14.0 Å². The molecule has 2 aromatic carbocycles. The molecule has 4 aromatic rings. The molecule has 4 rings (SSSR count). The minimum atomic E-state index is -0.314. The molecular formula is C21H19FN4O3. The second kappa shape index (κ2) is 8.14. The van der Waals surface area contributed by atoms with Crippen LogP contribution in [0.2, 0.25) is 0 Å². The zero-order valence-corrected chi connectivity index (χ0v) is 16.0. The molecule has 0 radical (unpaired) electrons. The SMILES string of the molecule is COc1ccc(CCNc2ncnc3onc(-c4ccc(F)cc4)c23)cc1OC. The van der Waals surface area contributed by atoms with Crippen molar-refractivity contribution in [3.63, 3.8) is 0 Å². The lowest BCUT2D eigenvalue weighted by Gasteiger charge is -2.10. The molecule has 0 aliphatic rings. The van der Waals surface area contributed by atoms with Crippen molar-refractivity contribution < 1.29 is 18.4 Å². The summed E-state index contributed by atoms with van der Waals surface area (Å²) in [5.41, 5.74) is 2.74. The fourth-order valence-corrected chi connectivity index (χ4v) is 3.09. The van der Waals surface area contributed by atoms with Crippen molar-refractivity contribution in [2.24, 2.45) is 0 Å². The van der Waals surface area contributed by atoms with Crippen LogP contribution < -0.4 is 14.8 Å². The molecule has 0 bridgehead atoms. The molecule has 0 aliphatic heterocycles. The number of methoxy groups -OCH3 is 2. The molecule has 1 N–H and O–H groups in total. The predicted octanol–water partition coefficient (Wildman–Crippen LogP) is 4.10. The lowest BCUT2D eigenvalue weighted by atomic mass is 10.1. The lowest BCUT2D eigenvalue weighted by molar-refractivity contribution is 0.354. The zero-order valence-electron chi connectivity index (χ0n) is 16.0. The van der Waals surface area contributed by atoms with Crippen LogP contribution in [0.3, 0.4) is 0 Å². The zero-order chi connectivity index (χ0) is 20.2. The molecule has 0 spiro atoms. The molecule has 0 amide bonds. The number of hydrogen-bond acceptors (Lipinski definition) is 7. The van der Waals surface area contributed by atoms with Crippen LogP contribution in [-0.2, 0) is 6.42 Å². The van der Waals surface area contributed by atoms with Crippen molar-refractivity contribution in [2.45, 2.75) is 6.42 Å². The average molecular weight is 394 g/mol. The lowest BCUT2D eigenvalue weighted by Crippen LogP contribution is -2.07. The summed E-state index contributed by atoms with van der Waals surface area (Å²) < 4.78 is 29.2. The maximum atomic E-state index is 13.3. The number of rotatable bonds is 7. The van der Waals surface area contributed by atoms with E-state index in [0.29, 0.717) is 40.7 Å². The van der Waals surface area contributed by atoms with Crippen LogP contribution in [0, 0.1) is 5.82 Å². The minimum Gasteiger partial charge on any atom is -0.493 e. The van der Waals surface area contributed by atoms with Crippen molar-refractivity contribution in [2.75, 3.05) is 26.1 Å². The second-order valence-electron chi connectivity index (χ2n) is 6.31. The monoisotopic (exact) mass is 394 g/mol. The van der Waals surface area contributed by atoms with E-state index < -0.39 is 0 Å². The molecule has 7 nitrogen and oxygen atoms in total. The van der Waals surface area contributed by atoms with Crippen molar-refractivity contribution in [3.8, 4) is 22.8 Å². The van der Waals surface area contributed by atoms with Gasteiger partial charge in [-0.3, -0.25) is 0 Å². The first-order valence-corrected chi connectivity index (χ1v) is 9.00. The van der Waals surface area contributed by atoms with Gasteiger partial charge in [-0.15, -0.1) is 0 Å². The van der Waals surface area contributed by atoms with Crippen molar-refractivity contribution in [1.82, 2.24) is 15.1 Å². The number of fused-ring (bicyclic) bond motifs is 1. The van der Waals surface area contributed by atoms with Gasteiger partial charge in [0.2, 0.25) is 0 Å². The van der Waals surface area contributed by atoms with Gasteiger partial charge in [-0.05, 0) is 48.4 Å². The molecule has 29 heavy (non-hydrogen) atoms. The molecule has 8 heteroatoms. The van der Waals surface area contributed by atoms with Gasteiger partial charge in [-0.2, -0.15) is 4.98 Å². The van der Waals surface area contributed by atoms with Crippen LogP contribution in [0.5, 0.6) is 11.5 Å². The van der Waals surface area contributed by atoms with Crippen LogP contribution in [0.25, 0.3) is 22.4 Å². The van der Waals surface area contributed by atoms with E-state index in [1.807, 2.05) is 18.2 Å². The Morgan fingerprint density at radius 3 is 2.55 bits per heavy atom. The van der Waals surface area contributed by atoms with E-state index in [0.717, 1.165) is 17.5 Å². The Kier molecular flexibility index (Phi) is 5.24. The third-order valence-corrected chi connectivity index (χ3v) is 4.54. The average Bonchev–Trinajstić information content (AvgIpc) is 3.19. The Bertz CT molecular complexity index is 1130. The summed E-state index contributed by atoms with van der Waals surface area (Å²) in [6, 6.07) is 11.9. The maximum absolute atomic E-state index is 13.3. The third kappa shape index (κ3) is 3.82. The number of ether oxygens (including phenoxy) is 2. The standard InChI is InChI=1S/C21H19FN4O3/c1-27-16-8-3-13(11-17(16)28-2)9-10-23-20-18-19(14-4-6-15(22)7-5-14)26-29-21(18)25-12-24-20/h3-8,11-12H,9-10H2,1-2H3,(H,23,24,25). The minimum absolute atomic E-state index is 0.314. The molecule has 0 saturated carbocycles. The van der Waals surface area contributed by atoms with Crippen LogP contribution >= 0.6 is 0 Å². The van der Waals surface area contributed by atoms with Gasteiger partial charge in [0.15, 0.2) is 11.5 Å². The quantitative estimate of drug-likeness (QED) is 0.505. The summed E-state index contributed by atoms with van der Waals surface area (Å²) in [6.07, 6.45) is 2.16. The molecule has 148 valence electrons. The van der Waals surface area contributed by atoms with Gasteiger partial charge < -0.3 is 19.3 Å². The Hall–Kier alpha value is -3.68. The fourth-order valence-electron chi connectivity index (χ4n) is 3.09. The molecule has 2 heterocycles. The molecule has 0 aliphatic carbocycles. The highest BCUT2D eigenvalue weighted by Crippen LogP contribution is 2.31. The highest BCUT2D eigenvalue weighted by Gasteiger charge is 2.16. The number of hydrogen-bond donors (Lipinski definition) is 1. The van der Waals surface area contributed by atoms with Gasteiger partial charge in [0.05, 0.1) is 14.2 Å². The van der Waals surface area contributed by atoms with Crippen molar-refractivity contribution >= 4 is 16.9 Å². The number of nitrogens with one attached hydrogen (secondary N) is 1. The van der Waals surface area contributed by atoms with Gasteiger partial charge in [0.1, 0.15) is 29.0 Å².